The third-order valence-electron chi connectivity index (χ3n) is 5.28. The molecule has 0 amide bonds. The molecule has 3 heterocycles. The molecule has 27 heavy (non-hydrogen) atoms. The zero-order chi connectivity index (χ0) is 18.5. The lowest BCUT2D eigenvalue weighted by atomic mass is 9.95. The van der Waals surface area contributed by atoms with Crippen molar-refractivity contribution in [1.82, 2.24) is 0 Å². The Kier molecular flexibility index (Phi) is 3.53. The number of benzene rings is 2. The number of hydrogen-bond acceptors (Lipinski definition) is 5. The number of pyridine rings is 1. The van der Waals surface area contributed by atoms with E-state index in [9.17, 15) is 0 Å². The van der Waals surface area contributed by atoms with E-state index in [1.807, 2.05) is 6.07 Å². The Morgan fingerprint density at radius 1 is 0.889 bits per heavy atom. The summed E-state index contributed by atoms with van der Waals surface area (Å²) in [7, 11) is 4.90. The van der Waals surface area contributed by atoms with Gasteiger partial charge in [-0.1, -0.05) is 0 Å². The van der Waals surface area contributed by atoms with Crippen molar-refractivity contribution in [3.8, 4) is 40.0 Å². The lowest BCUT2D eigenvalue weighted by molar-refractivity contribution is -0.686. The molecule has 5 rings (SSSR count). The molecular weight excluding hydrogens is 346 g/mol. The zero-order valence-electron chi connectivity index (χ0n) is 15.5. The van der Waals surface area contributed by atoms with Crippen molar-refractivity contribution in [2.75, 3.05) is 28.1 Å². The zero-order valence-corrected chi connectivity index (χ0v) is 15.5. The first-order valence-corrected chi connectivity index (χ1v) is 8.82. The van der Waals surface area contributed by atoms with Crippen molar-refractivity contribution < 1.29 is 28.3 Å². The Morgan fingerprint density at radius 3 is 2.41 bits per heavy atom. The van der Waals surface area contributed by atoms with Crippen LogP contribution in [0.4, 0.5) is 0 Å². The minimum Gasteiger partial charge on any atom is -0.493 e. The molecule has 0 saturated heterocycles. The minimum absolute atomic E-state index is 0.282. The van der Waals surface area contributed by atoms with Crippen molar-refractivity contribution in [3.05, 3.63) is 36.0 Å². The largest absolute Gasteiger partial charge is 0.493 e. The second kappa shape index (κ2) is 5.94. The third kappa shape index (κ3) is 2.29. The SMILES string of the molecule is COc1cc2cc3[n+](cc2c(OC)c1OC)CCc1cc2c(cc1-3)OCO2. The summed E-state index contributed by atoms with van der Waals surface area (Å²) >= 11 is 0. The van der Waals surface area contributed by atoms with Gasteiger partial charge < -0.3 is 23.7 Å². The van der Waals surface area contributed by atoms with Crippen LogP contribution in [0.2, 0.25) is 0 Å². The van der Waals surface area contributed by atoms with Crippen molar-refractivity contribution in [2.24, 2.45) is 0 Å². The molecular formula is C21H20NO5+. The van der Waals surface area contributed by atoms with E-state index in [1.54, 1.807) is 21.3 Å². The highest BCUT2D eigenvalue weighted by Gasteiger charge is 2.29. The van der Waals surface area contributed by atoms with Gasteiger partial charge >= 0.3 is 0 Å². The fraction of sp³-hybridized carbons (Fsp3) is 0.286. The number of rotatable bonds is 3. The molecule has 0 unspecified atom stereocenters. The second-order valence-electron chi connectivity index (χ2n) is 6.61. The highest BCUT2D eigenvalue weighted by Crippen LogP contribution is 2.45. The molecule has 0 saturated carbocycles. The van der Waals surface area contributed by atoms with Crippen LogP contribution in [0.3, 0.4) is 0 Å². The molecule has 3 aromatic rings. The van der Waals surface area contributed by atoms with Crippen LogP contribution >= 0.6 is 0 Å². The first-order valence-electron chi connectivity index (χ1n) is 8.82. The number of ether oxygens (including phenoxy) is 5. The fourth-order valence-electron chi connectivity index (χ4n) is 3.99. The smallest absolute Gasteiger partial charge is 0.231 e. The topological polar surface area (TPSA) is 50.0 Å². The van der Waals surface area contributed by atoms with Crippen LogP contribution in [0.25, 0.3) is 22.0 Å². The van der Waals surface area contributed by atoms with Crippen molar-refractivity contribution in [3.63, 3.8) is 0 Å². The van der Waals surface area contributed by atoms with Gasteiger partial charge in [0.05, 0.1) is 32.3 Å². The number of nitrogens with zero attached hydrogens (tertiary/aromatic N) is 1. The van der Waals surface area contributed by atoms with Crippen molar-refractivity contribution in [2.45, 2.75) is 13.0 Å². The second-order valence-corrected chi connectivity index (χ2v) is 6.61. The average molecular weight is 366 g/mol. The van der Waals surface area contributed by atoms with Crippen LogP contribution in [0, 0.1) is 0 Å². The van der Waals surface area contributed by atoms with Gasteiger partial charge in [-0.15, -0.1) is 0 Å². The van der Waals surface area contributed by atoms with Gasteiger partial charge in [0.25, 0.3) is 0 Å². The quantitative estimate of drug-likeness (QED) is 0.667. The molecule has 1 aromatic heterocycles. The maximum absolute atomic E-state index is 5.66. The maximum Gasteiger partial charge on any atom is 0.231 e. The molecule has 6 heteroatoms. The van der Waals surface area contributed by atoms with Gasteiger partial charge in [-0.2, -0.15) is 4.57 Å². The summed E-state index contributed by atoms with van der Waals surface area (Å²) in [5.41, 5.74) is 3.57. The molecule has 0 bridgehead atoms. The number of methoxy groups -OCH3 is 3. The minimum atomic E-state index is 0.282. The number of aromatic nitrogens is 1. The summed E-state index contributed by atoms with van der Waals surface area (Å²) in [6.07, 6.45) is 3.06. The molecule has 0 fully saturated rings. The summed E-state index contributed by atoms with van der Waals surface area (Å²) in [4.78, 5) is 0. The summed E-state index contributed by atoms with van der Waals surface area (Å²) in [6.45, 7) is 1.17. The molecule has 2 aliphatic heterocycles. The molecule has 2 aliphatic rings. The van der Waals surface area contributed by atoms with E-state index >= 15 is 0 Å². The normalized spacial score (nSPS) is 13.9. The van der Waals surface area contributed by atoms with E-state index in [0.717, 1.165) is 40.9 Å². The maximum atomic E-state index is 5.66. The van der Waals surface area contributed by atoms with Crippen LogP contribution in [0.5, 0.6) is 28.7 Å². The fourth-order valence-corrected chi connectivity index (χ4v) is 3.99. The number of aryl methyl sites for hydroxylation is 2. The number of fused-ring (bicyclic) bond motifs is 5. The van der Waals surface area contributed by atoms with E-state index < -0.39 is 0 Å². The van der Waals surface area contributed by atoms with E-state index in [4.69, 9.17) is 23.7 Å². The van der Waals surface area contributed by atoms with Crippen molar-refractivity contribution >= 4 is 10.8 Å². The highest BCUT2D eigenvalue weighted by atomic mass is 16.7. The first-order chi connectivity index (χ1) is 13.2. The Hall–Kier alpha value is -3.15. The molecule has 138 valence electrons. The van der Waals surface area contributed by atoms with Gasteiger partial charge in [0.15, 0.2) is 35.7 Å². The van der Waals surface area contributed by atoms with Crippen molar-refractivity contribution in [1.29, 1.82) is 0 Å². The van der Waals surface area contributed by atoms with Gasteiger partial charge in [-0.3, -0.25) is 0 Å². The van der Waals surface area contributed by atoms with Crippen LogP contribution in [0.15, 0.2) is 30.5 Å². The van der Waals surface area contributed by atoms with Crippen LogP contribution in [0.1, 0.15) is 5.56 Å². The van der Waals surface area contributed by atoms with E-state index in [1.165, 1.54) is 11.1 Å². The first kappa shape index (κ1) is 16.1. The summed E-state index contributed by atoms with van der Waals surface area (Å²) in [6, 6.07) is 8.33. The monoisotopic (exact) mass is 366 g/mol. The molecule has 0 spiro atoms. The summed E-state index contributed by atoms with van der Waals surface area (Å²) < 4.78 is 30.1. The van der Waals surface area contributed by atoms with Gasteiger partial charge in [0, 0.05) is 17.9 Å². The lowest BCUT2D eigenvalue weighted by Gasteiger charge is -2.18. The van der Waals surface area contributed by atoms with E-state index in [0.29, 0.717) is 17.2 Å². The summed E-state index contributed by atoms with van der Waals surface area (Å²) in [5, 5.41) is 2.02. The van der Waals surface area contributed by atoms with Gasteiger partial charge in [-0.25, -0.2) is 0 Å². The van der Waals surface area contributed by atoms with Gasteiger partial charge in [-0.05, 0) is 23.8 Å². The molecule has 0 radical (unpaired) electrons. The number of hydrogen-bond donors (Lipinski definition) is 0. The van der Waals surface area contributed by atoms with Crippen LogP contribution in [-0.4, -0.2) is 28.1 Å². The highest BCUT2D eigenvalue weighted by molar-refractivity contribution is 5.93. The predicted molar refractivity (Wildman–Crippen MR) is 99.1 cm³/mol. The summed E-state index contributed by atoms with van der Waals surface area (Å²) in [5.74, 6) is 3.56. The Bertz CT molecular complexity index is 1080. The van der Waals surface area contributed by atoms with Gasteiger partial charge in [0.2, 0.25) is 18.2 Å². The Morgan fingerprint density at radius 2 is 1.67 bits per heavy atom. The molecule has 0 aliphatic carbocycles. The molecule has 0 atom stereocenters. The lowest BCUT2D eigenvalue weighted by Crippen LogP contribution is -2.40. The Labute approximate surface area is 156 Å². The van der Waals surface area contributed by atoms with E-state index in [2.05, 4.69) is 29.0 Å². The Balaban J connectivity index is 1.77. The molecule has 6 nitrogen and oxygen atoms in total. The molecule has 0 N–H and O–H groups in total. The third-order valence-corrected chi connectivity index (χ3v) is 5.28. The van der Waals surface area contributed by atoms with Gasteiger partial charge in [0.1, 0.15) is 0 Å². The average Bonchev–Trinajstić information content (AvgIpc) is 3.16. The molecule has 2 aromatic carbocycles. The van der Waals surface area contributed by atoms with E-state index in [-0.39, 0.29) is 6.79 Å². The standard InChI is InChI=1S/C21H20NO5/c1-23-19-8-13-6-16-14-9-18-17(26-11-27-18)7-12(14)4-5-22(16)10-15(13)20(24-2)21(19)25-3/h6-10H,4-5,11H2,1-3H3/q+1. The predicted octanol–water partition coefficient (Wildman–Crippen LogP) is 3.10. The van der Waals surface area contributed by atoms with Crippen LogP contribution < -0.4 is 28.3 Å². The van der Waals surface area contributed by atoms with Crippen LogP contribution in [-0.2, 0) is 13.0 Å².